The Labute approximate surface area is 75.3 Å². The Balaban J connectivity index is 2.45. The average molecular weight is 193 g/mol. The van der Waals surface area contributed by atoms with Crippen molar-refractivity contribution in [3.8, 4) is 0 Å². The van der Waals surface area contributed by atoms with Gasteiger partial charge in [0, 0.05) is 19.4 Å². The number of carbonyl (C=O) groups excluding carboxylic acids is 1. The molecule has 5 heteroatoms. The minimum absolute atomic E-state index is 0.129. The maximum absolute atomic E-state index is 12.5. The van der Waals surface area contributed by atoms with E-state index in [0.29, 0.717) is 0 Å². The minimum atomic E-state index is -2.73. The molecule has 1 N–H and O–H groups in total. The van der Waals surface area contributed by atoms with Crippen LogP contribution in [-0.2, 0) is 4.79 Å². The number of hydrogen-bond acceptors (Lipinski definition) is 2. The fourth-order valence-corrected chi connectivity index (χ4v) is 1.63. The lowest BCUT2D eigenvalue weighted by molar-refractivity contribution is -0.130. The van der Waals surface area contributed by atoms with Crippen LogP contribution >= 0.6 is 0 Å². The molecule has 1 aliphatic rings. The first-order valence-electron chi connectivity index (χ1n) is 4.19. The van der Waals surface area contributed by atoms with E-state index >= 15 is 0 Å². The van der Waals surface area contributed by atoms with Crippen LogP contribution in [0.5, 0.6) is 0 Å². The molecule has 1 fully saturated rings. The summed E-state index contributed by atoms with van der Waals surface area (Å²) in [6.45, 7) is 0.725. The smallest absolute Gasteiger partial charge is 0.245 e. The quantitative estimate of drug-likeness (QED) is 0.721. The largest absolute Gasteiger partial charge is 0.376 e. The molecule has 1 heterocycles. The summed E-state index contributed by atoms with van der Waals surface area (Å²) in [6.07, 6.45) is -0.154. The van der Waals surface area contributed by atoms with Crippen molar-refractivity contribution < 1.29 is 18.7 Å². The second-order valence-corrected chi connectivity index (χ2v) is 3.60. The van der Waals surface area contributed by atoms with Crippen LogP contribution in [0.25, 0.3) is 0 Å². The molecule has 1 aliphatic heterocycles. The number of carbonyl (C=O) groups is 1. The van der Waals surface area contributed by atoms with Crippen molar-refractivity contribution in [2.75, 3.05) is 13.3 Å². The van der Waals surface area contributed by atoms with Gasteiger partial charge in [-0.15, -0.1) is 0 Å². The van der Waals surface area contributed by atoms with Crippen molar-refractivity contribution in [2.45, 2.75) is 25.7 Å². The van der Waals surface area contributed by atoms with E-state index in [9.17, 15) is 13.6 Å². The van der Waals surface area contributed by atoms with Crippen LogP contribution in [0, 0.1) is 5.92 Å². The molecule has 0 aromatic heterocycles. The van der Waals surface area contributed by atoms with Crippen molar-refractivity contribution in [3.05, 3.63) is 0 Å². The number of rotatable bonds is 3. The summed E-state index contributed by atoms with van der Waals surface area (Å²) in [4.78, 5) is 12.2. The number of hydrogen-bond donors (Lipinski definition) is 1. The predicted octanol–water partition coefficient (Wildman–Crippen LogP) is 0.830. The van der Waals surface area contributed by atoms with Crippen molar-refractivity contribution in [3.63, 3.8) is 0 Å². The summed E-state index contributed by atoms with van der Waals surface area (Å²) in [5.74, 6) is -3.28. The Morgan fingerprint density at radius 2 is 2.31 bits per heavy atom. The zero-order valence-corrected chi connectivity index (χ0v) is 7.46. The lowest BCUT2D eigenvalue weighted by Crippen LogP contribution is -2.26. The highest BCUT2D eigenvalue weighted by Gasteiger charge is 2.35. The van der Waals surface area contributed by atoms with E-state index in [0.717, 1.165) is 6.92 Å². The summed E-state index contributed by atoms with van der Waals surface area (Å²) in [5, 5.41) is 8.67. The van der Waals surface area contributed by atoms with Crippen LogP contribution in [0.1, 0.15) is 19.8 Å². The minimum Gasteiger partial charge on any atom is -0.376 e. The average Bonchev–Trinajstić information content (AvgIpc) is 2.26. The van der Waals surface area contributed by atoms with Crippen molar-refractivity contribution in [1.82, 2.24) is 4.90 Å². The normalized spacial score (nSPS) is 24.2. The lowest BCUT2D eigenvalue weighted by atomic mass is 10.0. The number of aliphatic hydroxyl groups excluding tert-OH is 1. The van der Waals surface area contributed by atoms with Gasteiger partial charge >= 0.3 is 0 Å². The second-order valence-electron chi connectivity index (χ2n) is 3.60. The maximum atomic E-state index is 12.5. The van der Waals surface area contributed by atoms with Gasteiger partial charge in [0.05, 0.1) is 0 Å². The van der Waals surface area contributed by atoms with Gasteiger partial charge in [-0.05, 0) is 12.8 Å². The van der Waals surface area contributed by atoms with E-state index in [2.05, 4.69) is 0 Å². The number of halogens is 2. The van der Waals surface area contributed by atoms with Gasteiger partial charge in [0.2, 0.25) is 11.8 Å². The lowest BCUT2D eigenvalue weighted by Gasteiger charge is -2.15. The third kappa shape index (κ3) is 2.91. The molecule has 13 heavy (non-hydrogen) atoms. The molecule has 0 aromatic rings. The molecular weight excluding hydrogens is 180 g/mol. The van der Waals surface area contributed by atoms with Gasteiger partial charge in [0.15, 0.2) is 0 Å². The molecule has 0 aliphatic carbocycles. The number of amides is 1. The fourth-order valence-electron chi connectivity index (χ4n) is 1.63. The molecule has 1 rings (SSSR count). The molecule has 0 bridgehead atoms. The van der Waals surface area contributed by atoms with E-state index in [4.69, 9.17) is 5.11 Å². The SMILES string of the molecule is CC(F)(F)CC1CC(=O)N(CO)C1. The van der Waals surface area contributed by atoms with Crippen molar-refractivity contribution in [1.29, 1.82) is 0 Å². The van der Waals surface area contributed by atoms with Gasteiger partial charge in [-0.1, -0.05) is 0 Å². The van der Waals surface area contributed by atoms with E-state index in [-0.39, 0.29) is 37.9 Å². The first-order chi connectivity index (χ1) is 5.92. The van der Waals surface area contributed by atoms with Gasteiger partial charge < -0.3 is 10.0 Å². The van der Waals surface area contributed by atoms with Crippen LogP contribution in [0.2, 0.25) is 0 Å². The second kappa shape index (κ2) is 3.57. The standard InChI is InChI=1S/C8H13F2NO2/c1-8(9,10)3-6-2-7(13)11(4-6)5-12/h6,12H,2-5H2,1H3. The van der Waals surface area contributed by atoms with Crippen molar-refractivity contribution in [2.24, 2.45) is 5.92 Å². The summed E-state index contributed by atoms with van der Waals surface area (Å²) in [6, 6.07) is 0. The molecule has 1 amide bonds. The highest BCUT2D eigenvalue weighted by molar-refractivity contribution is 5.78. The topological polar surface area (TPSA) is 40.5 Å². The van der Waals surface area contributed by atoms with Crippen LogP contribution in [-0.4, -0.2) is 35.1 Å². The maximum Gasteiger partial charge on any atom is 0.245 e. The molecule has 0 spiro atoms. The predicted molar refractivity (Wildman–Crippen MR) is 42.1 cm³/mol. The van der Waals surface area contributed by atoms with E-state index < -0.39 is 5.92 Å². The molecule has 0 aromatic carbocycles. The molecular formula is C8H13F2NO2. The Kier molecular flexibility index (Phi) is 2.85. The van der Waals surface area contributed by atoms with Gasteiger partial charge in [-0.25, -0.2) is 8.78 Å². The van der Waals surface area contributed by atoms with E-state index in [1.54, 1.807) is 0 Å². The molecule has 1 atom stereocenters. The van der Waals surface area contributed by atoms with Crippen LogP contribution in [0.3, 0.4) is 0 Å². The molecule has 76 valence electrons. The Morgan fingerprint density at radius 1 is 1.69 bits per heavy atom. The third-order valence-electron chi connectivity index (χ3n) is 2.11. The first kappa shape index (κ1) is 10.4. The van der Waals surface area contributed by atoms with Gasteiger partial charge in [0.1, 0.15) is 6.73 Å². The van der Waals surface area contributed by atoms with Crippen LogP contribution < -0.4 is 0 Å². The number of likely N-dealkylation sites (tertiary alicyclic amines) is 1. The monoisotopic (exact) mass is 193 g/mol. The van der Waals surface area contributed by atoms with Gasteiger partial charge in [-0.2, -0.15) is 0 Å². The fraction of sp³-hybridized carbons (Fsp3) is 0.875. The zero-order valence-electron chi connectivity index (χ0n) is 7.46. The number of nitrogens with zero attached hydrogens (tertiary/aromatic N) is 1. The number of alkyl halides is 2. The Morgan fingerprint density at radius 3 is 2.69 bits per heavy atom. The van der Waals surface area contributed by atoms with Gasteiger partial charge in [-0.3, -0.25) is 4.79 Å². The van der Waals surface area contributed by atoms with Crippen LogP contribution in [0.4, 0.5) is 8.78 Å². The Bertz CT molecular complexity index is 203. The summed E-state index contributed by atoms with van der Waals surface area (Å²) < 4.78 is 25.1. The zero-order chi connectivity index (χ0) is 10.1. The molecule has 0 radical (unpaired) electrons. The highest BCUT2D eigenvalue weighted by atomic mass is 19.3. The number of aliphatic hydroxyl groups is 1. The Hall–Kier alpha value is -0.710. The third-order valence-corrected chi connectivity index (χ3v) is 2.11. The summed E-state index contributed by atoms with van der Waals surface area (Å²) in [7, 11) is 0. The summed E-state index contributed by atoms with van der Waals surface area (Å²) >= 11 is 0. The van der Waals surface area contributed by atoms with Crippen LogP contribution in [0.15, 0.2) is 0 Å². The molecule has 0 saturated carbocycles. The highest BCUT2D eigenvalue weighted by Crippen LogP contribution is 2.29. The molecule has 1 unspecified atom stereocenters. The molecule has 3 nitrogen and oxygen atoms in total. The van der Waals surface area contributed by atoms with E-state index in [1.165, 1.54) is 4.90 Å². The summed E-state index contributed by atoms with van der Waals surface area (Å²) in [5.41, 5.74) is 0. The van der Waals surface area contributed by atoms with Gasteiger partial charge in [0.25, 0.3) is 0 Å². The van der Waals surface area contributed by atoms with E-state index in [1.807, 2.05) is 0 Å². The van der Waals surface area contributed by atoms with Crippen molar-refractivity contribution >= 4 is 5.91 Å². The first-order valence-corrected chi connectivity index (χ1v) is 4.19. The molecule has 1 saturated heterocycles.